The number of hydrogen-bond acceptors (Lipinski definition) is 3. The summed E-state index contributed by atoms with van der Waals surface area (Å²) in [5, 5.41) is 2.14. The van der Waals surface area contributed by atoms with Gasteiger partial charge in [0.25, 0.3) is 0 Å². The monoisotopic (exact) mass is 432 g/mol. The minimum absolute atomic E-state index is 0.108. The Morgan fingerprint density at radius 2 is 1.89 bits per heavy atom. The highest BCUT2D eigenvalue weighted by Gasteiger charge is 2.33. The SMILES string of the molecule is CS(=O)(=O)Nc1cccc(CNC(=O)/C=C/c2ccc(Cl)c(C(F)(F)F)c2)c1. The van der Waals surface area contributed by atoms with Crippen LogP contribution in [0.3, 0.4) is 0 Å². The Morgan fingerprint density at radius 3 is 2.54 bits per heavy atom. The summed E-state index contributed by atoms with van der Waals surface area (Å²) in [5.74, 6) is -0.523. The van der Waals surface area contributed by atoms with E-state index in [0.717, 1.165) is 24.5 Å². The number of halogens is 4. The van der Waals surface area contributed by atoms with Crippen molar-refractivity contribution in [3.05, 3.63) is 70.3 Å². The number of alkyl halides is 3. The van der Waals surface area contributed by atoms with Crippen LogP contribution in [0.2, 0.25) is 5.02 Å². The van der Waals surface area contributed by atoms with Gasteiger partial charge in [-0.25, -0.2) is 8.42 Å². The Morgan fingerprint density at radius 1 is 1.18 bits per heavy atom. The predicted octanol–water partition coefficient (Wildman–Crippen LogP) is 4.06. The van der Waals surface area contributed by atoms with Gasteiger partial charge in [0.15, 0.2) is 0 Å². The van der Waals surface area contributed by atoms with Gasteiger partial charge in [-0.1, -0.05) is 29.8 Å². The summed E-state index contributed by atoms with van der Waals surface area (Å²) in [6.07, 6.45) is -1.23. The number of hydrogen-bond donors (Lipinski definition) is 2. The van der Waals surface area contributed by atoms with E-state index in [0.29, 0.717) is 11.3 Å². The molecule has 0 aromatic heterocycles. The number of benzene rings is 2. The summed E-state index contributed by atoms with van der Waals surface area (Å²) in [5.41, 5.74) is 0.185. The molecule has 5 nitrogen and oxygen atoms in total. The second-order valence-electron chi connectivity index (χ2n) is 5.86. The lowest BCUT2D eigenvalue weighted by molar-refractivity contribution is -0.137. The molecule has 10 heteroatoms. The summed E-state index contributed by atoms with van der Waals surface area (Å²) in [6.45, 7) is 0.108. The molecule has 2 N–H and O–H groups in total. The fourth-order valence-electron chi connectivity index (χ4n) is 2.24. The molecule has 28 heavy (non-hydrogen) atoms. The molecular formula is C18H16ClF3N2O3S. The molecule has 0 saturated heterocycles. The number of amides is 1. The standard InChI is InChI=1S/C18H16ClF3N2O3S/c1-28(26,27)24-14-4-2-3-13(9-14)11-23-17(25)8-6-12-5-7-16(19)15(10-12)18(20,21)22/h2-10,24H,11H2,1H3,(H,23,25)/b8-6+. The molecule has 0 fully saturated rings. The van der Waals surface area contributed by atoms with E-state index >= 15 is 0 Å². The molecule has 0 heterocycles. The Hall–Kier alpha value is -2.52. The summed E-state index contributed by atoms with van der Waals surface area (Å²) in [7, 11) is -3.42. The largest absolute Gasteiger partial charge is 0.417 e. The maximum absolute atomic E-state index is 12.8. The summed E-state index contributed by atoms with van der Waals surface area (Å²) < 4.78 is 63.3. The maximum atomic E-state index is 12.8. The van der Waals surface area contributed by atoms with E-state index in [1.165, 1.54) is 12.1 Å². The second kappa shape index (κ2) is 8.66. The molecule has 0 atom stereocenters. The fraction of sp³-hybridized carbons (Fsp3) is 0.167. The second-order valence-corrected chi connectivity index (χ2v) is 8.02. The molecular weight excluding hydrogens is 417 g/mol. The number of nitrogens with one attached hydrogen (secondary N) is 2. The zero-order valence-corrected chi connectivity index (χ0v) is 16.1. The number of carbonyl (C=O) groups is 1. The third-order valence-electron chi connectivity index (χ3n) is 3.42. The fourth-order valence-corrected chi connectivity index (χ4v) is 3.02. The Kier molecular flexibility index (Phi) is 6.73. The molecule has 0 aliphatic rings. The topological polar surface area (TPSA) is 75.3 Å². The van der Waals surface area contributed by atoms with E-state index in [2.05, 4.69) is 10.0 Å². The lowest BCUT2D eigenvalue weighted by Gasteiger charge is -2.09. The van der Waals surface area contributed by atoms with E-state index in [9.17, 15) is 26.4 Å². The van der Waals surface area contributed by atoms with Gasteiger partial charge in [-0.2, -0.15) is 13.2 Å². The number of rotatable bonds is 6. The van der Waals surface area contributed by atoms with Crippen LogP contribution in [0.4, 0.5) is 18.9 Å². The lowest BCUT2D eigenvalue weighted by Crippen LogP contribution is -2.20. The number of anilines is 1. The van der Waals surface area contributed by atoms with E-state index in [-0.39, 0.29) is 12.1 Å². The molecule has 0 radical (unpaired) electrons. The Labute approximate surface area is 165 Å². The average molecular weight is 433 g/mol. The van der Waals surface area contributed by atoms with E-state index in [4.69, 9.17) is 11.6 Å². The molecule has 0 spiro atoms. The van der Waals surface area contributed by atoms with Crippen molar-refractivity contribution in [2.24, 2.45) is 0 Å². The van der Waals surface area contributed by atoms with Crippen LogP contribution < -0.4 is 10.0 Å². The Bertz CT molecular complexity index is 1010. The highest BCUT2D eigenvalue weighted by atomic mass is 35.5. The van der Waals surface area contributed by atoms with Gasteiger partial charge in [0.1, 0.15) is 0 Å². The van der Waals surface area contributed by atoms with Crippen LogP contribution in [0.5, 0.6) is 0 Å². The highest BCUT2D eigenvalue weighted by molar-refractivity contribution is 7.92. The van der Waals surface area contributed by atoms with Gasteiger partial charge < -0.3 is 5.32 Å². The number of sulfonamides is 1. The minimum atomic E-state index is -4.59. The summed E-state index contributed by atoms with van der Waals surface area (Å²) in [6, 6.07) is 9.75. The van der Waals surface area contributed by atoms with Crippen molar-refractivity contribution in [2.45, 2.75) is 12.7 Å². The molecule has 0 bridgehead atoms. The third kappa shape index (κ3) is 6.90. The molecule has 0 unspecified atom stereocenters. The average Bonchev–Trinajstić information content (AvgIpc) is 2.57. The van der Waals surface area contributed by atoms with Crippen molar-refractivity contribution in [3.8, 4) is 0 Å². The first kappa shape index (κ1) is 21.8. The highest BCUT2D eigenvalue weighted by Crippen LogP contribution is 2.35. The molecule has 0 aliphatic heterocycles. The third-order valence-corrected chi connectivity index (χ3v) is 4.36. The van der Waals surface area contributed by atoms with Crippen LogP contribution in [-0.4, -0.2) is 20.6 Å². The van der Waals surface area contributed by atoms with E-state index in [1.54, 1.807) is 24.3 Å². The molecule has 1 amide bonds. The van der Waals surface area contributed by atoms with Crippen molar-refractivity contribution in [1.29, 1.82) is 0 Å². The van der Waals surface area contributed by atoms with Gasteiger partial charge in [-0.3, -0.25) is 9.52 Å². The van der Waals surface area contributed by atoms with Crippen LogP contribution in [0.25, 0.3) is 6.08 Å². The van der Waals surface area contributed by atoms with Crippen LogP contribution in [0.15, 0.2) is 48.5 Å². The lowest BCUT2D eigenvalue weighted by atomic mass is 10.1. The zero-order chi connectivity index (χ0) is 20.9. The van der Waals surface area contributed by atoms with Crippen molar-refractivity contribution in [3.63, 3.8) is 0 Å². The van der Waals surface area contributed by atoms with Gasteiger partial charge >= 0.3 is 6.18 Å². The predicted molar refractivity (Wildman–Crippen MR) is 102 cm³/mol. The molecule has 2 rings (SSSR count). The molecule has 2 aromatic rings. The molecule has 150 valence electrons. The quantitative estimate of drug-likeness (QED) is 0.676. The van der Waals surface area contributed by atoms with Gasteiger partial charge in [0.2, 0.25) is 15.9 Å². The van der Waals surface area contributed by atoms with Gasteiger partial charge in [0, 0.05) is 18.3 Å². The first-order valence-electron chi connectivity index (χ1n) is 7.83. The Balaban J connectivity index is 2.01. The van der Waals surface area contributed by atoms with Gasteiger partial charge in [0.05, 0.1) is 16.8 Å². The smallest absolute Gasteiger partial charge is 0.348 e. The van der Waals surface area contributed by atoms with Gasteiger partial charge in [-0.15, -0.1) is 0 Å². The van der Waals surface area contributed by atoms with Crippen molar-refractivity contribution < 1.29 is 26.4 Å². The summed E-state index contributed by atoms with van der Waals surface area (Å²) >= 11 is 5.55. The molecule has 0 aliphatic carbocycles. The van der Waals surface area contributed by atoms with Crippen LogP contribution in [0.1, 0.15) is 16.7 Å². The van der Waals surface area contributed by atoms with Crippen molar-refractivity contribution in [1.82, 2.24) is 5.32 Å². The summed E-state index contributed by atoms with van der Waals surface area (Å²) in [4.78, 5) is 11.9. The first-order chi connectivity index (χ1) is 12.9. The normalized spacial score (nSPS) is 12.2. The molecule has 2 aromatic carbocycles. The number of carbonyl (C=O) groups excluding carboxylic acids is 1. The van der Waals surface area contributed by atoms with Crippen LogP contribution in [-0.2, 0) is 27.5 Å². The first-order valence-corrected chi connectivity index (χ1v) is 10.1. The maximum Gasteiger partial charge on any atom is 0.417 e. The van der Waals surface area contributed by atoms with Crippen molar-refractivity contribution >= 4 is 39.3 Å². The minimum Gasteiger partial charge on any atom is -0.348 e. The van der Waals surface area contributed by atoms with Crippen LogP contribution >= 0.6 is 11.6 Å². The van der Waals surface area contributed by atoms with E-state index in [1.807, 2.05) is 0 Å². The van der Waals surface area contributed by atoms with Gasteiger partial charge in [-0.05, 0) is 41.5 Å². The van der Waals surface area contributed by atoms with E-state index < -0.39 is 32.7 Å². The molecule has 0 saturated carbocycles. The van der Waals surface area contributed by atoms with Crippen molar-refractivity contribution in [2.75, 3.05) is 11.0 Å². The van der Waals surface area contributed by atoms with Crippen LogP contribution in [0, 0.1) is 0 Å². The zero-order valence-electron chi connectivity index (χ0n) is 14.5.